The Morgan fingerprint density at radius 2 is 1.95 bits per heavy atom. The highest BCUT2D eigenvalue weighted by Crippen LogP contribution is 2.27. The number of anilines is 3. The number of carbonyl (C=O) groups is 1. The Kier molecular flexibility index (Phi) is 4.15. The van der Waals surface area contributed by atoms with Gasteiger partial charge in [-0.3, -0.25) is 4.79 Å². The Morgan fingerprint density at radius 3 is 2.73 bits per heavy atom. The number of hydrogen-bond acceptors (Lipinski definition) is 6. The second-order valence-corrected chi connectivity index (χ2v) is 6.01. The van der Waals surface area contributed by atoms with Crippen molar-refractivity contribution >= 4 is 35.0 Å². The molecule has 0 aliphatic carbocycles. The molecule has 114 valence electrons. The zero-order valence-corrected chi connectivity index (χ0v) is 12.8. The molecule has 4 N–H and O–H groups in total. The summed E-state index contributed by atoms with van der Waals surface area (Å²) in [5.74, 6) is 0.926. The van der Waals surface area contributed by atoms with Crippen LogP contribution in [0.5, 0.6) is 0 Å². The van der Waals surface area contributed by atoms with Gasteiger partial charge in [-0.15, -0.1) is 0 Å². The maximum Gasteiger partial charge on any atom is 0.237 e. The van der Waals surface area contributed by atoms with Gasteiger partial charge in [0.1, 0.15) is 11.6 Å². The molecule has 3 rings (SSSR count). The maximum atomic E-state index is 12.5. The van der Waals surface area contributed by atoms with Gasteiger partial charge < -0.3 is 16.4 Å². The van der Waals surface area contributed by atoms with Crippen molar-refractivity contribution in [3.63, 3.8) is 0 Å². The largest absolute Gasteiger partial charge is 0.383 e. The number of amides is 1. The summed E-state index contributed by atoms with van der Waals surface area (Å²) in [5, 5.41) is 0.427. The van der Waals surface area contributed by atoms with Crippen LogP contribution in [0.2, 0.25) is 0 Å². The summed E-state index contributed by atoms with van der Waals surface area (Å²) in [5.41, 5.74) is 13.5. The first kappa shape index (κ1) is 14.6. The number of benzene rings is 1. The lowest BCUT2D eigenvalue weighted by Crippen LogP contribution is -2.36. The molecule has 0 bridgehead atoms. The molecular formula is C15H17N5OS. The van der Waals surface area contributed by atoms with Gasteiger partial charge in [-0.2, -0.15) is 0 Å². The highest BCUT2D eigenvalue weighted by Gasteiger charge is 2.22. The van der Waals surface area contributed by atoms with Crippen LogP contribution in [-0.2, 0) is 11.2 Å². The van der Waals surface area contributed by atoms with Crippen molar-refractivity contribution in [2.45, 2.75) is 18.0 Å². The molecule has 0 spiro atoms. The van der Waals surface area contributed by atoms with Crippen LogP contribution in [0.25, 0.3) is 0 Å². The number of aryl methyl sites for hydroxylation is 1. The lowest BCUT2D eigenvalue weighted by Gasteiger charge is -2.29. The van der Waals surface area contributed by atoms with Gasteiger partial charge in [0.05, 0.1) is 5.75 Å². The third kappa shape index (κ3) is 3.14. The van der Waals surface area contributed by atoms with E-state index in [9.17, 15) is 4.79 Å². The quantitative estimate of drug-likeness (QED) is 0.661. The van der Waals surface area contributed by atoms with Gasteiger partial charge in [0.15, 0.2) is 5.16 Å². The number of rotatable bonds is 3. The van der Waals surface area contributed by atoms with Crippen LogP contribution in [0, 0.1) is 0 Å². The van der Waals surface area contributed by atoms with E-state index >= 15 is 0 Å². The van der Waals surface area contributed by atoms with Gasteiger partial charge in [-0.05, 0) is 24.5 Å². The van der Waals surface area contributed by atoms with E-state index in [1.165, 1.54) is 23.4 Å². The van der Waals surface area contributed by atoms with E-state index in [1.807, 2.05) is 23.1 Å². The minimum atomic E-state index is 0.0433. The summed E-state index contributed by atoms with van der Waals surface area (Å²) in [4.78, 5) is 22.5. The molecule has 22 heavy (non-hydrogen) atoms. The topological polar surface area (TPSA) is 98.1 Å². The second kappa shape index (κ2) is 6.23. The Bertz CT molecular complexity index is 686. The summed E-state index contributed by atoms with van der Waals surface area (Å²) in [6.45, 7) is 0.746. The highest BCUT2D eigenvalue weighted by atomic mass is 32.2. The van der Waals surface area contributed by atoms with Gasteiger partial charge in [0.2, 0.25) is 5.91 Å². The number of thioether (sulfide) groups is 1. The smallest absolute Gasteiger partial charge is 0.237 e. The number of nitrogen functional groups attached to an aromatic ring is 2. The predicted molar refractivity (Wildman–Crippen MR) is 88.7 cm³/mol. The summed E-state index contributed by atoms with van der Waals surface area (Å²) in [6.07, 6.45) is 2.00. The van der Waals surface area contributed by atoms with E-state index in [1.54, 1.807) is 0 Å². The van der Waals surface area contributed by atoms with Crippen molar-refractivity contribution in [2.75, 3.05) is 28.7 Å². The number of carbonyl (C=O) groups excluding carboxylic acids is 1. The zero-order chi connectivity index (χ0) is 15.5. The highest BCUT2D eigenvalue weighted by molar-refractivity contribution is 7.99. The van der Waals surface area contributed by atoms with Crippen molar-refractivity contribution in [1.82, 2.24) is 9.97 Å². The number of hydrogen-bond donors (Lipinski definition) is 2. The fourth-order valence-electron chi connectivity index (χ4n) is 2.52. The first-order chi connectivity index (χ1) is 10.6. The standard InChI is InChI=1S/C15H17N5OS/c16-12-8-13(17)19-15(18-12)22-9-14(21)20-7-3-5-10-4-1-2-6-11(10)20/h1-2,4,6,8H,3,5,7,9H2,(H4,16,17,18,19). The number of nitrogens with zero attached hydrogens (tertiary/aromatic N) is 3. The number of para-hydroxylation sites is 1. The third-order valence-electron chi connectivity index (χ3n) is 3.48. The summed E-state index contributed by atoms with van der Waals surface area (Å²) < 4.78 is 0. The van der Waals surface area contributed by atoms with E-state index in [0.717, 1.165) is 25.1 Å². The van der Waals surface area contributed by atoms with Crippen molar-refractivity contribution in [2.24, 2.45) is 0 Å². The lowest BCUT2D eigenvalue weighted by molar-refractivity contribution is -0.116. The molecule has 2 heterocycles. The van der Waals surface area contributed by atoms with Gasteiger partial charge in [-0.1, -0.05) is 30.0 Å². The van der Waals surface area contributed by atoms with E-state index < -0.39 is 0 Å². The first-order valence-electron chi connectivity index (χ1n) is 7.04. The molecule has 7 heteroatoms. The third-order valence-corrected chi connectivity index (χ3v) is 4.31. The van der Waals surface area contributed by atoms with Crippen LogP contribution in [0.4, 0.5) is 17.3 Å². The van der Waals surface area contributed by atoms with E-state index in [0.29, 0.717) is 16.8 Å². The molecule has 1 aromatic carbocycles. The molecule has 0 fully saturated rings. The fraction of sp³-hybridized carbons (Fsp3) is 0.267. The van der Waals surface area contributed by atoms with Crippen LogP contribution < -0.4 is 16.4 Å². The second-order valence-electron chi connectivity index (χ2n) is 5.07. The van der Waals surface area contributed by atoms with Gasteiger partial charge in [0, 0.05) is 18.3 Å². The van der Waals surface area contributed by atoms with Crippen molar-refractivity contribution < 1.29 is 4.79 Å². The molecule has 1 aliphatic rings. The van der Waals surface area contributed by atoms with Crippen LogP contribution in [0.15, 0.2) is 35.5 Å². The molecule has 1 aromatic heterocycles. The SMILES string of the molecule is Nc1cc(N)nc(SCC(=O)N2CCCc3ccccc32)n1. The van der Waals surface area contributed by atoms with Crippen LogP contribution in [0.1, 0.15) is 12.0 Å². The van der Waals surface area contributed by atoms with Crippen LogP contribution >= 0.6 is 11.8 Å². The first-order valence-corrected chi connectivity index (χ1v) is 8.03. The molecule has 0 atom stereocenters. The molecule has 2 aromatic rings. The van der Waals surface area contributed by atoms with Crippen molar-refractivity contribution in [1.29, 1.82) is 0 Å². The lowest BCUT2D eigenvalue weighted by atomic mass is 10.0. The number of nitrogens with two attached hydrogens (primary N) is 2. The Morgan fingerprint density at radius 1 is 1.23 bits per heavy atom. The molecular weight excluding hydrogens is 298 g/mol. The molecule has 6 nitrogen and oxygen atoms in total. The Hall–Kier alpha value is -2.28. The molecule has 1 amide bonds. The maximum absolute atomic E-state index is 12.5. The van der Waals surface area contributed by atoms with E-state index in [2.05, 4.69) is 16.0 Å². The Labute approximate surface area is 132 Å². The van der Waals surface area contributed by atoms with Gasteiger partial charge >= 0.3 is 0 Å². The Balaban J connectivity index is 1.70. The van der Waals surface area contributed by atoms with Crippen molar-refractivity contribution in [3.05, 3.63) is 35.9 Å². The molecule has 0 saturated carbocycles. The fourth-order valence-corrected chi connectivity index (χ4v) is 3.27. The predicted octanol–water partition coefficient (Wildman–Crippen LogP) is 1.71. The van der Waals surface area contributed by atoms with E-state index in [4.69, 9.17) is 11.5 Å². The number of aromatic nitrogens is 2. The minimum Gasteiger partial charge on any atom is -0.383 e. The molecule has 0 unspecified atom stereocenters. The van der Waals surface area contributed by atoms with Gasteiger partial charge in [0.25, 0.3) is 0 Å². The summed E-state index contributed by atoms with van der Waals surface area (Å²) in [7, 11) is 0. The molecule has 0 saturated heterocycles. The average Bonchev–Trinajstić information content (AvgIpc) is 2.51. The van der Waals surface area contributed by atoms with E-state index in [-0.39, 0.29) is 11.7 Å². The summed E-state index contributed by atoms with van der Waals surface area (Å²) >= 11 is 1.25. The van der Waals surface area contributed by atoms with Crippen LogP contribution in [0.3, 0.4) is 0 Å². The molecule has 1 aliphatic heterocycles. The zero-order valence-electron chi connectivity index (χ0n) is 12.0. The normalized spacial score (nSPS) is 13.7. The monoisotopic (exact) mass is 315 g/mol. The minimum absolute atomic E-state index is 0.0433. The summed E-state index contributed by atoms with van der Waals surface area (Å²) in [6, 6.07) is 9.52. The van der Waals surface area contributed by atoms with Gasteiger partial charge in [-0.25, -0.2) is 9.97 Å². The average molecular weight is 315 g/mol. The van der Waals surface area contributed by atoms with Crippen molar-refractivity contribution in [3.8, 4) is 0 Å². The van der Waals surface area contributed by atoms with Crippen LogP contribution in [-0.4, -0.2) is 28.2 Å². The molecule has 0 radical (unpaired) electrons. The number of fused-ring (bicyclic) bond motifs is 1.